The molecule has 0 saturated carbocycles. The third-order valence-electron chi connectivity index (χ3n) is 5.62. The largest absolute Gasteiger partial charge is 0.377 e. The van der Waals surface area contributed by atoms with E-state index < -0.39 is 4.92 Å². The lowest BCUT2D eigenvalue weighted by molar-refractivity contribution is -0.384. The number of nitro groups is 1. The standard InChI is InChI=1S/C23H30N4O3/c1-17(2)19-7-5-18(6-8-19)16-25-11-13-26(14-12-25)23(28)21-15-20(27(29)30)9-10-22(21)24(3)4/h5-10,15,17H,11-14,16H2,1-4H3. The quantitative estimate of drug-likeness (QED) is 0.536. The van der Waals surface area contributed by atoms with Crippen LogP contribution in [0.15, 0.2) is 42.5 Å². The first-order valence-electron chi connectivity index (χ1n) is 10.3. The van der Waals surface area contributed by atoms with E-state index in [1.807, 2.05) is 19.0 Å². The Morgan fingerprint density at radius 3 is 2.23 bits per heavy atom. The van der Waals surface area contributed by atoms with Gasteiger partial charge in [-0.3, -0.25) is 19.8 Å². The zero-order chi connectivity index (χ0) is 21.8. The molecule has 1 amide bonds. The molecular formula is C23H30N4O3. The molecule has 0 aliphatic carbocycles. The van der Waals surface area contributed by atoms with E-state index >= 15 is 0 Å². The van der Waals surface area contributed by atoms with E-state index in [4.69, 9.17) is 0 Å². The molecule has 1 aliphatic rings. The van der Waals surface area contributed by atoms with Crippen molar-refractivity contribution in [2.24, 2.45) is 0 Å². The number of nitrogens with zero attached hydrogens (tertiary/aromatic N) is 4. The minimum Gasteiger partial charge on any atom is -0.377 e. The third-order valence-corrected chi connectivity index (χ3v) is 5.62. The zero-order valence-electron chi connectivity index (χ0n) is 18.2. The van der Waals surface area contributed by atoms with Crippen molar-refractivity contribution >= 4 is 17.3 Å². The number of piperazine rings is 1. The van der Waals surface area contributed by atoms with Crippen LogP contribution in [0.25, 0.3) is 0 Å². The van der Waals surface area contributed by atoms with E-state index in [0.29, 0.717) is 30.3 Å². The van der Waals surface area contributed by atoms with Crippen molar-refractivity contribution in [1.82, 2.24) is 9.80 Å². The first-order chi connectivity index (χ1) is 14.3. The summed E-state index contributed by atoms with van der Waals surface area (Å²) >= 11 is 0. The number of carbonyl (C=O) groups excluding carboxylic acids is 1. The van der Waals surface area contributed by atoms with Gasteiger partial charge in [0, 0.05) is 64.6 Å². The van der Waals surface area contributed by atoms with Crippen LogP contribution in [0.1, 0.15) is 41.3 Å². The predicted molar refractivity (Wildman–Crippen MR) is 119 cm³/mol. The highest BCUT2D eigenvalue weighted by Gasteiger charge is 2.26. The lowest BCUT2D eigenvalue weighted by atomic mass is 10.0. The molecule has 2 aromatic rings. The SMILES string of the molecule is CC(C)c1ccc(CN2CCN(C(=O)c3cc([N+](=O)[O-])ccc3N(C)C)CC2)cc1. The summed E-state index contributed by atoms with van der Waals surface area (Å²) in [5, 5.41) is 11.2. The maximum absolute atomic E-state index is 13.1. The fourth-order valence-electron chi connectivity index (χ4n) is 3.74. The molecule has 30 heavy (non-hydrogen) atoms. The van der Waals surface area contributed by atoms with Gasteiger partial charge in [0.05, 0.1) is 10.5 Å². The van der Waals surface area contributed by atoms with E-state index in [1.54, 1.807) is 11.0 Å². The Morgan fingerprint density at radius 2 is 1.70 bits per heavy atom. The molecule has 160 valence electrons. The second kappa shape index (κ2) is 9.26. The molecule has 3 rings (SSSR count). The van der Waals surface area contributed by atoms with Crippen LogP contribution >= 0.6 is 0 Å². The Morgan fingerprint density at radius 1 is 1.07 bits per heavy atom. The fraction of sp³-hybridized carbons (Fsp3) is 0.435. The number of amides is 1. The highest BCUT2D eigenvalue weighted by Crippen LogP contribution is 2.26. The number of benzene rings is 2. The minimum atomic E-state index is -0.460. The molecule has 0 atom stereocenters. The number of hydrogen-bond acceptors (Lipinski definition) is 5. The topological polar surface area (TPSA) is 69.9 Å². The van der Waals surface area contributed by atoms with Gasteiger partial charge in [-0.25, -0.2) is 0 Å². The van der Waals surface area contributed by atoms with Gasteiger partial charge >= 0.3 is 0 Å². The molecule has 7 heteroatoms. The molecule has 1 saturated heterocycles. The summed E-state index contributed by atoms with van der Waals surface area (Å²) in [6.45, 7) is 8.02. The molecule has 0 spiro atoms. The van der Waals surface area contributed by atoms with Gasteiger partial charge in [0.1, 0.15) is 0 Å². The number of non-ortho nitro benzene ring substituents is 1. The summed E-state index contributed by atoms with van der Waals surface area (Å²) in [6, 6.07) is 13.2. The number of nitro benzene ring substituents is 1. The molecular weight excluding hydrogens is 380 g/mol. The highest BCUT2D eigenvalue weighted by atomic mass is 16.6. The number of carbonyl (C=O) groups is 1. The Kier molecular flexibility index (Phi) is 6.72. The zero-order valence-corrected chi connectivity index (χ0v) is 18.2. The minimum absolute atomic E-state index is 0.0626. The van der Waals surface area contributed by atoms with Gasteiger partial charge in [-0.05, 0) is 23.1 Å². The smallest absolute Gasteiger partial charge is 0.270 e. The first-order valence-corrected chi connectivity index (χ1v) is 10.3. The van der Waals surface area contributed by atoms with Gasteiger partial charge in [0.15, 0.2) is 0 Å². The van der Waals surface area contributed by atoms with Gasteiger partial charge in [-0.1, -0.05) is 38.1 Å². The van der Waals surface area contributed by atoms with Crippen LogP contribution in [0.3, 0.4) is 0 Å². The van der Waals surface area contributed by atoms with E-state index in [9.17, 15) is 14.9 Å². The van der Waals surface area contributed by atoms with Crippen molar-refractivity contribution in [3.05, 3.63) is 69.3 Å². The molecule has 1 fully saturated rings. The van der Waals surface area contributed by atoms with Crippen molar-refractivity contribution < 1.29 is 9.72 Å². The van der Waals surface area contributed by atoms with Crippen molar-refractivity contribution in [1.29, 1.82) is 0 Å². The van der Waals surface area contributed by atoms with E-state index in [2.05, 4.69) is 43.0 Å². The summed E-state index contributed by atoms with van der Waals surface area (Å²) in [6.07, 6.45) is 0. The predicted octanol–water partition coefficient (Wildman–Crippen LogP) is 3.74. The molecule has 0 radical (unpaired) electrons. The van der Waals surface area contributed by atoms with Gasteiger partial charge in [0.25, 0.3) is 11.6 Å². The van der Waals surface area contributed by atoms with Crippen molar-refractivity contribution in [2.75, 3.05) is 45.2 Å². The Bertz CT molecular complexity index is 901. The van der Waals surface area contributed by atoms with Crippen LogP contribution in [0, 0.1) is 10.1 Å². The molecule has 0 N–H and O–H groups in total. The number of rotatable bonds is 6. The van der Waals surface area contributed by atoms with Crippen LogP contribution in [0.2, 0.25) is 0 Å². The molecule has 0 aromatic heterocycles. The summed E-state index contributed by atoms with van der Waals surface area (Å²) in [5.74, 6) is 0.373. The van der Waals surface area contributed by atoms with Crippen LogP contribution in [-0.4, -0.2) is 60.9 Å². The van der Waals surface area contributed by atoms with Gasteiger partial charge in [0.2, 0.25) is 0 Å². The summed E-state index contributed by atoms with van der Waals surface area (Å²) < 4.78 is 0. The maximum Gasteiger partial charge on any atom is 0.270 e. The van der Waals surface area contributed by atoms with Crippen LogP contribution in [-0.2, 0) is 6.54 Å². The Hall–Kier alpha value is -2.93. The third kappa shape index (κ3) is 4.97. The van der Waals surface area contributed by atoms with E-state index in [-0.39, 0.29) is 11.6 Å². The molecule has 1 heterocycles. The van der Waals surface area contributed by atoms with Crippen LogP contribution in [0.5, 0.6) is 0 Å². The van der Waals surface area contributed by atoms with Gasteiger partial charge in [-0.2, -0.15) is 0 Å². The highest BCUT2D eigenvalue weighted by molar-refractivity contribution is 6.00. The van der Waals surface area contributed by atoms with Crippen molar-refractivity contribution in [3.8, 4) is 0 Å². The molecule has 0 bridgehead atoms. The normalized spacial score (nSPS) is 14.8. The average Bonchev–Trinajstić information content (AvgIpc) is 2.73. The average molecular weight is 411 g/mol. The second-order valence-electron chi connectivity index (χ2n) is 8.32. The van der Waals surface area contributed by atoms with E-state index in [1.165, 1.54) is 23.3 Å². The van der Waals surface area contributed by atoms with Crippen molar-refractivity contribution in [2.45, 2.75) is 26.3 Å². The van der Waals surface area contributed by atoms with Gasteiger partial charge < -0.3 is 9.80 Å². The lowest BCUT2D eigenvalue weighted by Crippen LogP contribution is -2.48. The maximum atomic E-state index is 13.1. The lowest BCUT2D eigenvalue weighted by Gasteiger charge is -2.35. The Balaban J connectivity index is 1.65. The number of hydrogen-bond donors (Lipinski definition) is 0. The van der Waals surface area contributed by atoms with Crippen LogP contribution < -0.4 is 4.90 Å². The van der Waals surface area contributed by atoms with Gasteiger partial charge in [-0.15, -0.1) is 0 Å². The second-order valence-corrected chi connectivity index (χ2v) is 8.32. The summed E-state index contributed by atoms with van der Waals surface area (Å²) in [7, 11) is 3.67. The monoisotopic (exact) mass is 410 g/mol. The van der Waals surface area contributed by atoms with Crippen LogP contribution in [0.4, 0.5) is 11.4 Å². The summed E-state index contributed by atoms with van der Waals surface area (Å²) in [4.78, 5) is 29.8. The molecule has 2 aromatic carbocycles. The Labute approximate surface area is 178 Å². The van der Waals surface area contributed by atoms with Crippen molar-refractivity contribution in [3.63, 3.8) is 0 Å². The summed E-state index contributed by atoms with van der Waals surface area (Å²) in [5.41, 5.74) is 3.62. The molecule has 1 aliphatic heterocycles. The fourth-order valence-corrected chi connectivity index (χ4v) is 3.74. The molecule has 7 nitrogen and oxygen atoms in total. The first kappa shape index (κ1) is 21.8. The van der Waals surface area contributed by atoms with E-state index in [0.717, 1.165) is 19.6 Å². The number of anilines is 1. The molecule has 0 unspecified atom stereocenters.